The molecule has 0 bridgehead atoms. The van der Waals surface area contributed by atoms with Gasteiger partial charge >= 0.3 is 0 Å². The van der Waals surface area contributed by atoms with Gasteiger partial charge in [-0.25, -0.2) is 0 Å². The number of carbonyl (C=O) groups excluding carboxylic acids is 1. The Balaban J connectivity index is 2.18. The molecule has 0 spiro atoms. The second-order valence-electron chi connectivity index (χ2n) is 5.43. The van der Waals surface area contributed by atoms with Crippen molar-refractivity contribution < 1.29 is 9.72 Å². The van der Waals surface area contributed by atoms with Crippen LogP contribution in [0.1, 0.15) is 29.8 Å². The van der Waals surface area contributed by atoms with E-state index in [0.717, 1.165) is 24.3 Å². The van der Waals surface area contributed by atoms with E-state index in [4.69, 9.17) is 0 Å². The molecule has 24 heavy (non-hydrogen) atoms. The van der Waals surface area contributed by atoms with Crippen LogP contribution in [0.4, 0.5) is 17.1 Å². The fraction of sp³-hybridized carbons (Fsp3) is 0.278. The number of non-ortho nitro benzene ring substituents is 1. The number of anilines is 2. The van der Waals surface area contributed by atoms with Crippen LogP contribution in [-0.2, 0) is 0 Å². The zero-order valence-electron chi connectivity index (χ0n) is 14.1. The van der Waals surface area contributed by atoms with Crippen LogP contribution >= 0.6 is 0 Å². The molecule has 0 saturated heterocycles. The van der Waals surface area contributed by atoms with Crippen molar-refractivity contribution in [3.63, 3.8) is 0 Å². The Morgan fingerprint density at radius 1 is 1.12 bits per heavy atom. The summed E-state index contributed by atoms with van der Waals surface area (Å²) in [6.45, 7) is 7.75. The quantitative estimate of drug-likeness (QED) is 0.642. The first-order valence-corrected chi connectivity index (χ1v) is 7.87. The predicted octanol–water partition coefficient (Wildman–Crippen LogP) is 4.00. The van der Waals surface area contributed by atoms with Gasteiger partial charge in [-0.05, 0) is 50.6 Å². The highest BCUT2D eigenvalue weighted by Gasteiger charge is 2.12. The lowest BCUT2D eigenvalue weighted by Crippen LogP contribution is -2.21. The Bertz CT molecular complexity index is 738. The Morgan fingerprint density at radius 2 is 1.75 bits per heavy atom. The van der Waals surface area contributed by atoms with Crippen LogP contribution in [0.5, 0.6) is 0 Å². The van der Waals surface area contributed by atoms with Gasteiger partial charge < -0.3 is 10.2 Å². The van der Waals surface area contributed by atoms with Crippen molar-refractivity contribution >= 4 is 23.0 Å². The Kier molecular flexibility index (Phi) is 5.52. The third kappa shape index (κ3) is 3.90. The average molecular weight is 327 g/mol. The summed E-state index contributed by atoms with van der Waals surface area (Å²) in [5.41, 5.74) is 2.74. The molecule has 2 rings (SSSR count). The minimum Gasteiger partial charge on any atom is -0.372 e. The number of carbonyl (C=O) groups is 1. The first-order chi connectivity index (χ1) is 11.5. The number of rotatable bonds is 6. The van der Waals surface area contributed by atoms with Crippen LogP contribution in [0.15, 0.2) is 42.5 Å². The van der Waals surface area contributed by atoms with E-state index < -0.39 is 4.92 Å². The number of nitrogens with one attached hydrogen (secondary N) is 1. The van der Waals surface area contributed by atoms with Gasteiger partial charge in [0, 0.05) is 36.5 Å². The van der Waals surface area contributed by atoms with E-state index in [0.29, 0.717) is 11.3 Å². The summed E-state index contributed by atoms with van der Waals surface area (Å²) >= 11 is 0. The minimum atomic E-state index is -0.478. The van der Waals surface area contributed by atoms with Crippen molar-refractivity contribution in [3.8, 4) is 0 Å². The monoisotopic (exact) mass is 327 g/mol. The predicted molar refractivity (Wildman–Crippen MR) is 95.8 cm³/mol. The lowest BCUT2D eigenvalue weighted by atomic mass is 10.1. The second-order valence-corrected chi connectivity index (χ2v) is 5.43. The first kappa shape index (κ1) is 17.5. The SMILES string of the molecule is CCN(CC)c1ccc(C(=O)Nc2cc([N+](=O)[O-])ccc2C)cc1. The molecule has 0 aromatic heterocycles. The van der Waals surface area contributed by atoms with E-state index in [1.807, 2.05) is 12.1 Å². The fourth-order valence-electron chi connectivity index (χ4n) is 2.47. The highest BCUT2D eigenvalue weighted by Crippen LogP contribution is 2.23. The number of hydrogen-bond acceptors (Lipinski definition) is 4. The largest absolute Gasteiger partial charge is 0.372 e. The van der Waals surface area contributed by atoms with E-state index >= 15 is 0 Å². The molecule has 0 heterocycles. The molecule has 0 saturated carbocycles. The number of amides is 1. The molecule has 1 amide bonds. The number of nitrogens with zero attached hydrogens (tertiary/aromatic N) is 2. The van der Waals surface area contributed by atoms with E-state index in [1.165, 1.54) is 12.1 Å². The fourth-order valence-corrected chi connectivity index (χ4v) is 2.47. The summed E-state index contributed by atoms with van der Waals surface area (Å²) in [5.74, 6) is -0.287. The highest BCUT2D eigenvalue weighted by molar-refractivity contribution is 6.05. The van der Waals surface area contributed by atoms with Gasteiger partial charge in [-0.1, -0.05) is 6.07 Å². The van der Waals surface area contributed by atoms with Crippen LogP contribution < -0.4 is 10.2 Å². The molecule has 0 fully saturated rings. The van der Waals surface area contributed by atoms with Gasteiger partial charge in [0.2, 0.25) is 0 Å². The van der Waals surface area contributed by atoms with Gasteiger partial charge in [-0.2, -0.15) is 0 Å². The molecule has 126 valence electrons. The van der Waals surface area contributed by atoms with Crippen molar-refractivity contribution in [2.45, 2.75) is 20.8 Å². The Hall–Kier alpha value is -2.89. The summed E-state index contributed by atoms with van der Waals surface area (Å²) < 4.78 is 0. The van der Waals surface area contributed by atoms with Gasteiger partial charge in [0.05, 0.1) is 10.6 Å². The van der Waals surface area contributed by atoms with Gasteiger partial charge in [0.25, 0.3) is 11.6 Å². The maximum atomic E-state index is 12.4. The first-order valence-electron chi connectivity index (χ1n) is 7.87. The maximum Gasteiger partial charge on any atom is 0.271 e. The number of nitro benzene ring substituents is 1. The van der Waals surface area contributed by atoms with Crippen molar-refractivity contribution in [1.82, 2.24) is 0 Å². The van der Waals surface area contributed by atoms with Gasteiger partial charge in [-0.3, -0.25) is 14.9 Å². The molecule has 2 aromatic carbocycles. The van der Waals surface area contributed by atoms with Gasteiger partial charge in [-0.15, -0.1) is 0 Å². The molecule has 1 N–H and O–H groups in total. The number of nitro groups is 1. The zero-order chi connectivity index (χ0) is 17.7. The van der Waals surface area contributed by atoms with E-state index in [9.17, 15) is 14.9 Å². The molecule has 0 aliphatic carbocycles. The van der Waals surface area contributed by atoms with Crippen LogP contribution in [0.3, 0.4) is 0 Å². The topological polar surface area (TPSA) is 75.5 Å². The summed E-state index contributed by atoms with van der Waals surface area (Å²) in [6, 6.07) is 11.7. The molecule has 0 radical (unpaired) electrons. The third-order valence-electron chi connectivity index (χ3n) is 3.94. The molecular weight excluding hydrogens is 306 g/mol. The van der Waals surface area contributed by atoms with E-state index in [2.05, 4.69) is 24.1 Å². The standard InChI is InChI=1S/C18H21N3O3/c1-4-20(5-2)15-10-7-14(8-11-15)18(22)19-17-12-16(21(23)24)9-6-13(17)3/h6-12H,4-5H2,1-3H3,(H,19,22). The second kappa shape index (κ2) is 7.59. The van der Waals surface area contributed by atoms with Gasteiger partial charge in [0.1, 0.15) is 0 Å². The number of aryl methyl sites for hydroxylation is 1. The Morgan fingerprint density at radius 3 is 2.29 bits per heavy atom. The summed E-state index contributed by atoms with van der Waals surface area (Å²) in [6.07, 6.45) is 0. The summed E-state index contributed by atoms with van der Waals surface area (Å²) in [5, 5.41) is 13.6. The molecule has 0 atom stereocenters. The van der Waals surface area contributed by atoms with E-state index in [-0.39, 0.29) is 11.6 Å². The van der Waals surface area contributed by atoms with Crippen molar-refractivity contribution in [1.29, 1.82) is 0 Å². The van der Waals surface area contributed by atoms with Crippen molar-refractivity contribution in [2.75, 3.05) is 23.3 Å². The van der Waals surface area contributed by atoms with Crippen LogP contribution in [-0.4, -0.2) is 23.9 Å². The maximum absolute atomic E-state index is 12.4. The lowest BCUT2D eigenvalue weighted by molar-refractivity contribution is -0.384. The minimum absolute atomic E-state index is 0.0484. The number of hydrogen-bond donors (Lipinski definition) is 1. The van der Waals surface area contributed by atoms with Crippen molar-refractivity contribution in [3.05, 3.63) is 63.7 Å². The molecular formula is C18H21N3O3. The summed E-state index contributed by atoms with van der Waals surface area (Å²) in [4.78, 5) is 24.9. The van der Waals surface area contributed by atoms with Crippen LogP contribution in [0.2, 0.25) is 0 Å². The van der Waals surface area contributed by atoms with Crippen molar-refractivity contribution in [2.24, 2.45) is 0 Å². The molecule has 6 heteroatoms. The molecule has 0 aliphatic heterocycles. The Labute approximate surface area is 141 Å². The highest BCUT2D eigenvalue weighted by atomic mass is 16.6. The smallest absolute Gasteiger partial charge is 0.271 e. The molecule has 2 aromatic rings. The zero-order valence-corrected chi connectivity index (χ0v) is 14.1. The van der Waals surface area contributed by atoms with Crippen LogP contribution in [0.25, 0.3) is 0 Å². The van der Waals surface area contributed by atoms with E-state index in [1.54, 1.807) is 25.1 Å². The van der Waals surface area contributed by atoms with Crippen LogP contribution in [0, 0.1) is 17.0 Å². The third-order valence-corrected chi connectivity index (χ3v) is 3.94. The normalized spacial score (nSPS) is 10.3. The molecule has 0 aliphatic rings. The molecule has 6 nitrogen and oxygen atoms in total. The molecule has 0 unspecified atom stereocenters. The summed E-state index contributed by atoms with van der Waals surface area (Å²) in [7, 11) is 0. The number of benzene rings is 2. The average Bonchev–Trinajstić information content (AvgIpc) is 2.58. The van der Waals surface area contributed by atoms with Gasteiger partial charge in [0.15, 0.2) is 0 Å². The lowest BCUT2D eigenvalue weighted by Gasteiger charge is -2.21.